The highest BCUT2D eigenvalue weighted by atomic mass is 19.1. The minimum absolute atomic E-state index is 0.0223. The summed E-state index contributed by atoms with van der Waals surface area (Å²) in [6.07, 6.45) is 0.648. The Bertz CT molecular complexity index is 430. The third kappa shape index (κ3) is 2.82. The van der Waals surface area contributed by atoms with E-state index >= 15 is 0 Å². The molecule has 0 aliphatic carbocycles. The molecule has 0 unspecified atom stereocenters. The molecule has 1 saturated heterocycles. The number of nitriles is 1. The Hall–Kier alpha value is -1.44. The number of nitrogens with zero attached hydrogens (tertiary/aromatic N) is 2. The zero-order valence-electron chi connectivity index (χ0n) is 9.51. The van der Waals surface area contributed by atoms with Crippen LogP contribution in [0.15, 0.2) is 24.3 Å². The van der Waals surface area contributed by atoms with Crippen LogP contribution in [0.1, 0.15) is 24.4 Å². The molecule has 1 aliphatic heterocycles. The maximum Gasteiger partial charge on any atom is 0.123 e. The molecule has 0 amide bonds. The van der Waals surface area contributed by atoms with E-state index in [0.29, 0.717) is 25.9 Å². The third-order valence-corrected chi connectivity index (χ3v) is 3.13. The third-order valence-electron chi connectivity index (χ3n) is 3.13. The van der Waals surface area contributed by atoms with Crippen LogP contribution in [0.5, 0.6) is 0 Å². The number of aliphatic hydroxyl groups is 1. The van der Waals surface area contributed by atoms with Crippen molar-refractivity contribution < 1.29 is 9.50 Å². The maximum atomic E-state index is 13.2. The molecule has 1 heterocycles. The number of aliphatic hydroxyl groups excluding tert-OH is 1. The van der Waals surface area contributed by atoms with Gasteiger partial charge in [0.1, 0.15) is 5.82 Å². The monoisotopic (exact) mass is 234 g/mol. The number of hydrogen-bond donors (Lipinski definition) is 1. The highest BCUT2D eigenvalue weighted by Gasteiger charge is 2.31. The largest absolute Gasteiger partial charge is 0.392 e. The Labute approximate surface area is 100 Å². The van der Waals surface area contributed by atoms with Gasteiger partial charge in [0.05, 0.1) is 12.2 Å². The fraction of sp³-hybridized carbons (Fsp3) is 0.462. The Kier molecular flexibility index (Phi) is 3.72. The van der Waals surface area contributed by atoms with Gasteiger partial charge in [0.15, 0.2) is 0 Å². The first-order valence-electron chi connectivity index (χ1n) is 5.75. The molecule has 2 atom stereocenters. The number of likely N-dealkylation sites (tertiary alicyclic amines) is 1. The van der Waals surface area contributed by atoms with Gasteiger partial charge in [-0.2, -0.15) is 5.26 Å². The van der Waals surface area contributed by atoms with Crippen LogP contribution in [-0.4, -0.2) is 29.2 Å². The molecule has 3 nitrogen and oxygen atoms in total. The van der Waals surface area contributed by atoms with Gasteiger partial charge in [-0.25, -0.2) is 4.39 Å². The first-order chi connectivity index (χ1) is 8.20. The summed E-state index contributed by atoms with van der Waals surface area (Å²) < 4.78 is 13.2. The molecule has 0 saturated carbocycles. The Morgan fingerprint density at radius 3 is 3.06 bits per heavy atom. The molecule has 90 valence electrons. The first-order valence-corrected chi connectivity index (χ1v) is 5.75. The van der Waals surface area contributed by atoms with Gasteiger partial charge in [-0.05, 0) is 24.1 Å². The van der Waals surface area contributed by atoms with Crippen LogP contribution in [0.4, 0.5) is 4.39 Å². The molecule has 0 radical (unpaired) electrons. The summed E-state index contributed by atoms with van der Waals surface area (Å²) in [5, 5.41) is 18.3. The molecule has 17 heavy (non-hydrogen) atoms. The summed E-state index contributed by atoms with van der Waals surface area (Å²) >= 11 is 0. The van der Waals surface area contributed by atoms with Crippen LogP contribution in [0.25, 0.3) is 0 Å². The average molecular weight is 234 g/mol. The second kappa shape index (κ2) is 5.26. The Morgan fingerprint density at radius 1 is 1.53 bits per heavy atom. The number of rotatable bonds is 3. The molecular weight excluding hydrogens is 219 g/mol. The Morgan fingerprint density at radius 2 is 2.35 bits per heavy atom. The topological polar surface area (TPSA) is 47.3 Å². The molecule has 0 bridgehead atoms. The molecule has 2 rings (SSSR count). The van der Waals surface area contributed by atoms with E-state index in [1.165, 1.54) is 12.1 Å². The highest BCUT2D eigenvalue weighted by Crippen LogP contribution is 2.32. The molecule has 1 fully saturated rings. The molecule has 4 heteroatoms. The first kappa shape index (κ1) is 12.0. The summed E-state index contributed by atoms with van der Waals surface area (Å²) in [5.74, 6) is -0.260. The van der Waals surface area contributed by atoms with Gasteiger partial charge in [-0.3, -0.25) is 4.90 Å². The predicted octanol–water partition coefficient (Wildman–Crippen LogP) is 1.85. The predicted molar refractivity (Wildman–Crippen MR) is 61.6 cm³/mol. The molecule has 0 aromatic heterocycles. The van der Waals surface area contributed by atoms with E-state index in [-0.39, 0.29) is 18.0 Å². The van der Waals surface area contributed by atoms with Crippen molar-refractivity contribution in [3.63, 3.8) is 0 Å². The van der Waals surface area contributed by atoms with Crippen LogP contribution in [0, 0.1) is 17.1 Å². The smallest absolute Gasteiger partial charge is 0.123 e. The van der Waals surface area contributed by atoms with Crippen molar-refractivity contribution in [2.45, 2.75) is 25.0 Å². The van der Waals surface area contributed by atoms with Crippen LogP contribution in [0.2, 0.25) is 0 Å². The number of hydrogen-bond acceptors (Lipinski definition) is 3. The average Bonchev–Trinajstić information content (AvgIpc) is 2.68. The van der Waals surface area contributed by atoms with Gasteiger partial charge in [0.25, 0.3) is 0 Å². The SMILES string of the molecule is N#CCCN1C[C@H](O)C[C@H]1c1cccc(F)c1. The van der Waals surface area contributed by atoms with Gasteiger partial charge in [-0.15, -0.1) is 0 Å². The summed E-state index contributed by atoms with van der Waals surface area (Å²) in [4.78, 5) is 2.04. The molecular formula is C13H15FN2O. The maximum absolute atomic E-state index is 13.2. The van der Waals surface area contributed by atoms with Crippen molar-refractivity contribution in [2.24, 2.45) is 0 Å². The second-order valence-electron chi connectivity index (χ2n) is 4.36. The minimum atomic E-state index is -0.387. The van der Waals surface area contributed by atoms with Crippen molar-refractivity contribution in [3.05, 3.63) is 35.6 Å². The molecule has 1 aliphatic rings. The minimum Gasteiger partial charge on any atom is -0.392 e. The van der Waals surface area contributed by atoms with Crippen LogP contribution in [0.3, 0.4) is 0 Å². The standard InChI is InChI=1S/C13H15FN2O/c14-11-4-1-3-10(7-11)13-8-12(17)9-16(13)6-2-5-15/h1,3-4,7,12-13,17H,2,6,8-9H2/t12-,13+/m1/s1. The van der Waals surface area contributed by atoms with E-state index in [4.69, 9.17) is 5.26 Å². The lowest BCUT2D eigenvalue weighted by molar-refractivity contribution is 0.176. The summed E-state index contributed by atoms with van der Waals surface area (Å²) in [7, 11) is 0. The van der Waals surface area contributed by atoms with Gasteiger partial charge < -0.3 is 5.11 Å². The van der Waals surface area contributed by atoms with Gasteiger partial charge in [-0.1, -0.05) is 12.1 Å². The van der Waals surface area contributed by atoms with E-state index in [9.17, 15) is 9.50 Å². The van der Waals surface area contributed by atoms with Crippen LogP contribution < -0.4 is 0 Å². The van der Waals surface area contributed by atoms with Gasteiger partial charge in [0, 0.05) is 25.6 Å². The van der Waals surface area contributed by atoms with Crippen molar-refractivity contribution >= 4 is 0 Å². The van der Waals surface area contributed by atoms with Crippen molar-refractivity contribution in [1.29, 1.82) is 5.26 Å². The number of benzene rings is 1. The van der Waals surface area contributed by atoms with E-state index in [0.717, 1.165) is 5.56 Å². The van der Waals surface area contributed by atoms with E-state index in [1.807, 2.05) is 11.0 Å². The van der Waals surface area contributed by atoms with E-state index < -0.39 is 0 Å². The lowest BCUT2D eigenvalue weighted by Crippen LogP contribution is -2.25. The normalized spacial score (nSPS) is 24.8. The van der Waals surface area contributed by atoms with Crippen LogP contribution in [-0.2, 0) is 0 Å². The van der Waals surface area contributed by atoms with Crippen molar-refractivity contribution in [2.75, 3.05) is 13.1 Å². The fourth-order valence-electron chi connectivity index (χ4n) is 2.38. The summed E-state index contributed by atoms with van der Waals surface area (Å²) in [6.45, 7) is 1.18. The van der Waals surface area contributed by atoms with E-state index in [1.54, 1.807) is 6.07 Å². The fourth-order valence-corrected chi connectivity index (χ4v) is 2.38. The van der Waals surface area contributed by atoms with Crippen LogP contribution >= 0.6 is 0 Å². The number of halogens is 1. The number of β-amino-alcohol motifs (C(OH)–C–C–N with tert-alkyl or cyclic N) is 1. The lowest BCUT2D eigenvalue weighted by atomic mass is 10.0. The quantitative estimate of drug-likeness (QED) is 0.868. The lowest BCUT2D eigenvalue weighted by Gasteiger charge is -2.23. The molecule has 0 spiro atoms. The van der Waals surface area contributed by atoms with Crippen molar-refractivity contribution in [3.8, 4) is 6.07 Å². The van der Waals surface area contributed by atoms with E-state index in [2.05, 4.69) is 6.07 Å². The molecule has 1 aromatic carbocycles. The molecule has 1 N–H and O–H groups in total. The summed E-state index contributed by atoms with van der Waals surface area (Å²) in [5.41, 5.74) is 0.875. The second-order valence-corrected chi connectivity index (χ2v) is 4.36. The zero-order valence-corrected chi connectivity index (χ0v) is 9.51. The van der Waals surface area contributed by atoms with Gasteiger partial charge in [0.2, 0.25) is 0 Å². The molecule has 1 aromatic rings. The van der Waals surface area contributed by atoms with Crippen molar-refractivity contribution in [1.82, 2.24) is 4.90 Å². The summed E-state index contributed by atoms with van der Waals surface area (Å²) in [6, 6.07) is 8.58. The van der Waals surface area contributed by atoms with Gasteiger partial charge >= 0.3 is 0 Å². The Balaban J connectivity index is 2.15. The highest BCUT2D eigenvalue weighted by molar-refractivity contribution is 5.21. The zero-order chi connectivity index (χ0) is 12.3.